The van der Waals surface area contributed by atoms with Gasteiger partial charge in [-0.25, -0.2) is 0 Å². The highest BCUT2D eigenvalue weighted by Gasteiger charge is 2.05. The van der Waals surface area contributed by atoms with Gasteiger partial charge in [-0.2, -0.15) is 4.98 Å². The molecule has 6 nitrogen and oxygen atoms in total. The minimum atomic E-state index is 0.805. The second kappa shape index (κ2) is 2.15. The second-order valence-corrected chi connectivity index (χ2v) is 2.07. The summed E-state index contributed by atoms with van der Waals surface area (Å²) in [7, 11) is 0. The van der Waals surface area contributed by atoms with Crippen LogP contribution in [0.25, 0.3) is 0 Å². The van der Waals surface area contributed by atoms with E-state index < -0.39 is 0 Å². The molecular formula is C5H7N6+. The summed E-state index contributed by atoms with van der Waals surface area (Å²) < 4.78 is 0. The van der Waals surface area contributed by atoms with Gasteiger partial charge in [0, 0.05) is 6.92 Å². The Morgan fingerprint density at radius 1 is 1.64 bits per heavy atom. The zero-order chi connectivity index (χ0) is 7.68. The van der Waals surface area contributed by atoms with Gasteiger partial charge in [0.15, 0.2) is 18.2 Å². The largest absolute Gasteiger partial charge is 0.218 e. The van der Waals surface area contributed by atoms with Crippen molar-refractivity contribution in [3.05, 3.63) is 24.5 Å². The van der Waals surface area contributed by atoms with Crippen LogP contribution in [-0.4, -0.2) is 25.2 Å². The van der Waals surface area contributed by atoms with Gasteiger partial charge < -0.3 is 0 Å². The van der Waals surface area contributed by atoms with Crippen molar-refractivity contribution in [3.63, 3.8) is 0 Å². The Kier molecular flexibility index (Phi) is 1.18. The molecule has 0 saturated heterocycles. The summed E-state index contributed by atoms with van der Waals surface area (Å²) in [4.78, 5) is 7.19. The van der Waals surface area contributed by atoms with Gasteiger partial charge in [0.05, 0.1) is 0 Å². The zero-order valence-electron chi connectivity index (χ0n) is 5.97. The van der Waals surface area contributed by atoms with E-state index in [0.29, 0.717) is 0 Å². The minimum absolute atomic E-state index is 0.805. The molecule has 0 fully saturated rings. The topological polar surface area (TPSA) is 63.3 Å². The van der Waals surface area contributed by atoms with E-state index in [2.05, 4.69) is 20.4 Å². The SMILES string of the molecule is Cc1ncnn1-[n+]1ccn[nH]1. The van der Waals surface area contributed by atoms with Gasteiger partial charge in [-0.15, -0.1) is 0 Å². The van der Waals surface area contributed by atoms with Crippen molar-refractivity contribution in [1.29, 1.82) is 0 Å². The average molecular weight is 151 g/mol. The lowest BCUT2D eigenvalue weighted by Crippen LogP contribution is -2.45. The second-order valence-electron chi connectivity index (χ2n) is 2.07. The maximum absolute atomic E-state index is 3.96. The van der Waals surface area contributed by atoms with Gasteiger partial charge in [0.25, 0.3) is 0 Å². The maximum atomic E-state index is 3.96. The molecule has 56 valence electrons. The Labute approximate surface area is 62.4 Å². The number of hydrogen-bond donors (Lipinski definition) is 1. The van der Waals surface area contributed by atoms with Gasteiger partial charge in [0.1, 0.15) is 0 Å². The van der Waals surface area contributed by atoms with Crippen molar-refractivity contribution < 1.29 is 4.79 Å². The van der Waals surface area contributed by atoms with Gasteiger partial charge in [-0.1, -0.05) is 10.0 Å². The Hall–Kier alpha value is -1.72. The van der Waals surface area contributed by atoms with Crippen molar-refractivity contribution in [2.45, 2.75) is 6.92 Å². The molecule has 2 aromatic heterocycles. The molecule has 0 amide bonds. The molecule has 0 bridgehead atoms. The van der Waals surface area contributed by atoms with Crippen LogP contribution in [0.5, 0.6) is 0 Å². The molecule has 6 heteroatoms. The Morgan fingerprint density at radius 3 is 3.09 bits per heavy atom. The summed E-state index contributed by atoms with van der Waals surface area (Å²) in [6.07, 6.45) is 4.88. The highest BCUT2D eigenvalue weighted by molar-refractivity contribution is 4.73. The minimum Gasteiger partial charge on any atom is -0.199 e. The number of nitrogens with zero attached hydrogens (tertiary/aromatic N) is 5. The fourth-order valence-corrected chi connectivity index (χ4v) is 0.833. The van der Waals surface area contributed by atoms with Crippen molar-refractivity contribution in [1.82, 2.24) is 25.2 Å². The molecule has 1 N–H and O–H groups in total. The van der Waals surface area contributed by atoms with E-state index in [0.717, 1.165) is 5.82 Å². The third-order valence-corrected chi connectivity index (χ3v) is 1.34. The monoisotopic (exact) mass is 151 g/mol. The van der Waals surface area contributed by atoms with Gasteiger partial charge in [0.2, 0.25) is 6.33 Å². The molecule has 0 aliphatic rings. The zero-order valence-corrected chi connectivity index (χ0v) is 5.97. The van der Waals surface area contributed by atoms with Gasteiger partial charge in [-0.3, -0.25) is 0 Å². The number of rotatable bonds is 1. The van der Waals surface area contributed by atoms with Crippen LogP contribution in [0, 0.1) is 6.92 Å². The maximum Gasteiger partial charge on any atom is 0.218 e. The number of nitrogens with one attached hydrogen (secondary N) is 1. The van der Waals surface area contributed by atoms with E-state index in [-0.39, 0.29) is 0 Å². The van der Waals surface area contributed by atoms with E-state index in [1.807, 2.05) is 6.92 Å². The van der Waals surface area contributed by atoms with Crippen molar-refractivity contribution in [3.8, 4) is 0 Å². The Bertz CT molecular complexity index is 333. The first-order valence-corrected chi connectivity index (χ1v) is 3.16. The predicted molar refractivity (Wildman–Crippen MR) is 34.3 cm³/mol. The lowest BCUT2D eigenvalue weighted by molar-refractivity contribution is -0.790. The van der Waals surface area contributed by atoms with E-state index in [9.17, 15) is 0 Å². The molecule has 0 atom stereocenters. The van der Waals surface area contributed by atoms with Gasteiger partial charge >= 0.3 is 0 Å². The molecule has 2 aromatic rings. The molecule has 0 aliphatic carbocycles. The Morgan fingerprint density at radius 2 is 2.55 bits per heavy atom. The van der Waals surface area contributed by atoms with Crippen molar-refractivity contribution in [2.75, 3.05) is 0 Å². The highest BCUT2D eigenvalue weighted by atomic mass is 15.7. The van der Waals surface area contributed by atoms with Crippen LogP contribution in [0.15, 0.2) is 18.7 Å². The molecule has 0 aliphatic heterocycles. The first-order chi connectivity index (χ1) is 5.38. The fraction of sp³-hybridized carbons (Fsp3) is 0.200. The third-order valence-electron chi connectivity index (χ3n) is 1.34. The molecular weight excluding hydrogens is 144 g/mol. The molecule has 11 heavy (non-hydrogen) atoms. The van der Waals surface area contributed by atoms with Crippen molar-refractivity contribution in [2.24, 2.45) is 0 Å². The summed E-state index contributed by atoms with van der Waals surface area (Å²) in [5.74, 6) is 0.805. The molecule has 0 unspecified atom stereocenters. The number of aromatic amines is 1. The van der Waals surface area contributed by atoms with Crippen LogP contribution in [0.3, 0.4) is 0 Å². The predicted octanol–water partition coefficient (Wildman–Crippen LogP) is -1.09. The van der Waals surface area contributed by atoms with Crippen molar-refractivity contribution >= 4 is 0 Å². The first-order valence-electron chi connectivity index (χ1n) is 3.16. The fourth-order valence-electron chi connectivity index (χ4n) is 0.833. The lowest BCUT2D eigenvalue weighted by atomic mass is 10.7. The first kappa shape index (κ1) is 6.02. The lowest BCUT2D eigenvalue weighted by Gasteiger charge is -1.90. The number of aryl methyl sites for hydroxylation is 1. The summed E-state index contributed by atoms with van der Waals surface area (Å²) in [5, 5.41) is 10.4. The van der Waals surface area contributed by atoms with Crippen LogP contribution in [0.1, 0.15) is 5.82 Å². The number of H-pyrrole nitrogens is 1. The normalized spacial score (nSPS) is 10.3. The molecule has 0 spiro atoms. The van der Waals surface area contributed by atoms with E-state index in [1.165, 1.54) is 6.33 Å². The van der Waals surface area contributed by atoms with Crippen LogP contribution < -0.4 is 4.79 Å². The summed E-state index contributed by atoms with van der Waals surface area (Å²) in [6, 6.07) is 0. The van der Waals surface area contributed by atoms with Crippen LogP contribution >= 0.6 is 0 Å². The van der Waals surface area contributed by atoms with E-state index in [1.54, 1.807) is 22.0 Å². The molecule has 0 saturated carbocycles. The third kappa shape index (κ3) is 0.878. The average Bonchev–Trinajstić information content (AvgIpc) is 2.55. The summed E-state index contributed by atoms with van der Waals surface area (Å²) in [5.41, 5.74) is 0. The smallest absolute Gasteiger partial charge is 0.199 e. The number of aromatic nitrogens is 6. The molecule has 2 rings (SSSR count). The van der Waals surface area contributed by atoms with Crippen LogP contribution in [-0.2, 0) is 0 Å². The van der Waals surface area contributed by atoms with E-state index >= 15 is 0 Å². The molecule has 2 heterocycles. The number of hydrogen-bond acceptors (Lipinski definition) is 3. The van der Waals surface area contributed by atoms with E-state index in [4.69, 9.17) is 0 Å². The standard InChI is InChI=1S/C5H6N6/c1-5-6-4-8-11(5)10-3-2-7-9-10/h2-4H,1H3/p+1. The quantitative estimate of drug-likeness (QED) is 0.527. The summed E-state index contributed by atoms with van der Waals surface area (Å²) in [6.45, 7) is 1.86. The summed E-state index contributed by atoms with van der Waals surface area (Å²) >= 11 is 0. The molecule has 0 radical (unpaired) electrons. The van der Waals surface area contributed by atoms with Gasteiger partial charge in [-0.05, 0) is 15.0 Å². The highest BCUT2D eigenvalue weighted by Crippen LogP contribution is 1.82. The van der Waals surface area contributed by atoms with Crippen LogP contribution in [0.4, 0.5) is 0 Å². The molecule has 0 aromatic carbocycles. The Balaban J connectivity index is 2.53. The van der Waals surface area contributed by atoms with Crippen LogP contribution in [0.2, 0.25) is 0 Å².